The zero-order valence-electron chi connectivity index (χ0n) is 23.6. The molecular formula is C25H29N3O13S2. The Hall–Kier alpha value is -4.58. The standard InChI is InChI=1S/C25H29N3O13S2/c1-13(29)37-12-20(38-14(2)30)21(39-15(3)31)22(40-16(4)32)23(41-17(5)33)24(34)27-18-6-8-19(9-7-18)43(35,36)28-25-26-10-11-42-25/h6-11,20-23H,12H2,1-5H3,(H,26,28)(H,27,34). The molecule has 0 radical (unpaired) electrons. The molecule has 234 valence electrons. The highest BCUT2D eigenvalue weighted by Crippen LogP contribution is 2.23. The number of aromatic nitrogens is 1. The van der Waals surface area contributed by atoms with Crippen molar-refractivity contribution in [2.45, 2.75) is 63.9 Å². The highest BCUT2D eigenvalue weighted by atomic mass is 32.2. The molecule has 1 aromatic carbocycles. The van der Waals surface area contributed by atoms with Gasteiger partial charge in [0.2, 0.25) is 6.10 Å². The van der Waals surface area contributed by atoms with Crippen LogP contribution in [0.3, 0.4) is 0 Å². The number of esters is 5. The van der Waals surface area contributed by atoms with E-state index in [4.69, 9.17) is 23.7 Å². The van der Waals surface area contributed by atoms with Gasteiger partial charge in [0.25, 0.3) is 15.9 Å². The molecule has 0 spiro atoms. The number of thiazole rings is 1. The van der Waals surface area contributed by atoms with Gasteiger partial charge in [-0.15, -0.1) is 11.3 Å². The normalized spacial score (nSPS) is 13.7. The number of ether oxygens (including phenoxy) is 5. The number of benzene rings is 1. The fourth-order valence-electron chi connectivity index (χ4n) is 3.47. The van der Waals surface area contributed by atoms with Gasteiger partial charge < -0.3 is 29.0 Å². The molecule has 4 atom stereocenters. The van der Waals surface area contributed by atoms with Crippen LogP contribution in [0.25, 0.3) is 0 Å². The molecule has 0 saturated carbocycles. The van der Waals surface area contributed by atoms with Gasteiger partial charge in [0.1, 0.15) is 6.61 Å². The molecule has 0 fully saturated rings. The first kappa shape index (κ1) is 34.6. The first-order valence-electron chi connectivity index (χ1n) is 12.2. The minimum atomic E-state index is -4.01. The molecule has 2 N–H and O–H groups in total. The maximum Gasteiger partial charge on any atom is 0.303 e. The maximum absolute atomic E-state index is 13.4. The summed E-state index contributed by atoms with van der Waals surface area (Å²) in [5.41, 5.74) is 0.0254. The number of carbonyl (C=O) groups excluding carboxylic acids is 6. The number of rotatable bonds is 14. The summed E-state index contributed by atoms with van der Waals surface area (Å²) in [6, 6.07) is 4.80. The minimum Gasteiger partial charge on any atom is -0.462 e. The Morgan fingerprint density at radius 1 is 0.791 bits per heavy atom. The minimum absolute atomic E-state index is 0.0254. The number of nitrogens with zero attached hydrogens (tertiary/aromatic N) is 1. The van der Waals surface area contributed by atoms with Crippen molar-refractivity contribution in [3.8, 4) is 0 Å². The fourth-order valence-corrected chi connectivity index (χ4v) is 5.26. The SMILES string of the molecule is CC(=O)OCC(OC(C)=O)C(OC(C)=O)C(OC(C)=O)C(OC(C)=O)C(=O)Nc1ccc(S(=O)(=O)Nc2nccs2)cc1. The van der Waals surface area contributed by atoms with Gasteiger partial charge in [0, 0.05) is 51.9 Å². The monoisotopic (exact) mass is 643 g/mol. The van der Waals surface area contributed by atoms with Crippen molar-refractivity contribution in [1.82, 2.24) is 4.98 Å². The van der Waals surface area contributed by atoms with E-state index < -0.39 is 76.8 Å². The largest absolute Gasteiger partial charge is 0.462 e. The Balaban J connectivity index is 2.45. The van der Waals surface area contributed by atoms with E-state index in [1.54, 1.807) is 5.38 Å². The fraction of sp³-hybridized carbons (Fsp3) is 0.400. The van der Waals surface area contributed by atoms with Crippen LogP contribution in [-0.2, 0) is 62.5 Å². The summed E-state index contributed by atoms with van der Waals surface area (Å²) in [7, 11) is -4.01. The lowest BCUT2D eigenvalue weighted by molar-refractivity contribution is -0.202. The van der Waals surface area contributed by atoms with E-state index in [1.807, 2.05) is 0 Å². The molecule has 1 aromatic heterocycles. The maximum atomic E-state index is 13.4. The Morgan fingerprint density at radius 2 is 1.35 bits per heavy atom. The van der Waals surface area contributed by atoms with Crippen molar-refractivity contribution in [3.05, 3.63) is 35.8 Å². The number of amides is 1. The van der Waals surface area contributed by atoms with Gasteiger partial charge in [-0.05, 0) is 24.3 Å². The van der Waals surface area contributed by atoms with Crippen LogP contribution in [0, 0.1) is 0 Å². The molecule has 2 rings (SSSR count). The number of anilines is 2. The van der Waals surface area contributed by atoms with Crippen LogP contribution in [0.4, 0.5) is 10.8 Å². The molecule has 0 aliphatic heterocycles. The van der Waals surface area contributed by atoms with Crippen molar-refractivity contribution in [3.63, 3.8) is 0 Å². The van der Waals surface area contributed by atoms with Crippen molar-refractivity contribution < 1.29 is 60.9 Å². The molecular weight excluding hydrogens is 614 g/mol. The second kappa shape index (κ2) is 15.6. The molecule has 0 aliphatic rings. The second-order valence-corrected chi connectivity index (χ2v) is 11.2. The summed E-state index contributed by atoms with van der Waals surface area (Å²) >= 11 is 1.07. The quantitative estimate of drug-likeness (QED) is 0.218. The topological polar surface area (TPSA) is 220 Å². The first-order chi connectivity index (χ1) is 20.1. The van der Waals surface area contributed by atoms with Gasteiger partial charge >= 0.3 is 29.8 Å². The number of hydrogen-bond acceptors (Lipinski definition) is 15. The predicted octanol–water partition coefficient (Wildman–Crippen LogP) is 1.17. The molecule has 0 saturated heterocycles. The molecule has 2 aromatic rings. The van der Waals surface area contributed by atoms with Crippen LogP contribution in [0.1, 0.15) is 34.6 Å². The van der Waals surface area contributed by atoms with E-state index in [2.05, 4.69) is 15.0 Å². The van der Waals surface area contributed by atoms with Crippen LogP contribution in [0.15, 0.2) is 40.7 Å². The molecule has 4 unspecified atom stereocenters. The average molecular weight is 644 g/mol. The van der Waals surface area contributed by atoms with E-state index in [0.717, 1.165) is 46.0 Å². The smallest absolute Gasteiger partial charge is 0.303 e. The molecule has 0 bridgehead atoms. The zero-order valence-corrected chi connectivity index (χ0v) is 25.2. The summed E-state index contributed by atoms with van der Waals surface area (Å²) in [5.74, 6) is -5.83. The lowest BCUT2D eigenvalue weighted by atomic mass is 10.0. The Kier molecular flexibility index (Phi) is 12.6. The van der Waals surface area contributed by atoms with E-state index >= 15 is 0 Å². The summed E-state index contributed by atoms with van der Waals surface area (Å²) in [6.45, 7) is 4.23. The van der Waals surface area contributed by atoms with Crippen molar-refractivity contribution >= 4 is 67.9 Å². The van der Waals surface area contributed by atoms with E-state index in [1.165, 1.54) is 30.5 Å². The van der Waals surface area contributed by atoms with Crippen LogP contribution in [0.2, 0.25) is 0 Å². The molecule has 16 nitrogen and oxygen atoms in total. The summed E-state index contributed by atoms with van der Waals surface area (Å²) in [4.78, 5) is 76.5. The number of hydrogen-bond donors (Lipinski definition) is 2. The molecule has 1 amide bonds. The Labute approximate surface area is 250 Å². The van der Waals surface area contributed by atoms with Crippen LogP contribution in [-0.4, -0.2) is 80.2 Å². The molecule has 1 heterocycles. The van der Waals surface area contributed by atoms with Gasteiger partial charge in [0.05, 0.1) is 4.90 Å². The average Bonchev–Trinajstić information content (AvgIpc) is 3.39. The van der Waals surface area contributed by atoms with Crippen LogP contribution >= 0.6 is 11.3 Å². The molecule has 43 heavy (non-hydrogen) atoms. The third-order valence-electron chi connectivity index (χ3n) is 5.00. The third kappa shape index (κ3) is 11.3. The predicted molar refractivity (Wildman–Crippen MR) is 147 cm³/mol. The number of sulfonamides is 1. The van der Waals surface area contributed by atoms with Crippen molar-refractivity contribution in [1.29, 1.82) is 0 Å². The lowest BCUT2D eigenvalue weighted by Crippen LogP contribution is -2.56. The summed E-state index contributed by atoms with van der Waals surface area (Å²) < 4.78 is 53.2. The first-order valence-corrected chi connectivity index (χ1v) is 14.6. The van der Waals surface area contributed by atoms with E-state index in [0.29, 0.717) is 0 Å². The van der Waals surface area contributed by atoms with Gasteiger partial charge in [-0.1, -0.05) is 0 Å². The van der Waals surface area contributed by atoms with Crippen molar-refractivity contribution in [2.24, 2.45) is 0 Å². The van der Waals surface area contributed by atoms with Crippen molar-refractivity contribution in [2.75, 3.05) is 16.6 Å². The highest BCUT2D eigenvalue weighted by molar-refractivity contribution is 7.93. The summed E-state index contributed by atoms with van der Waals surface area (Å²) in [6.07, 6.45) is -5.95. The highest BCUT2D eigenvalue weighted by Gasteiger charge is 2.47. The Morgan fingerprint density at radius 3 is 1.84 bits per heavy atom. The van der Waals surface area contributed by atoms with Gasteiger partial charge in [-0.3, -0.25) is 33.5 Å². The molecule has 0 aliphatic carbocycles. The van der Waals surface area contributed by atoms with Gasteiger partial charge in [-0.25, -0.2) is 13.4 Å². The lowest BCUT2D eigenvalue weighted by Gasteiger charge is -2.34. The second-order valence-electron chi connectivity index (χ2n) is 8.58. The van der Waals surface area contributed by atoms with Gasteiger partial charge in [-0.2, -0.15) is 0 Å². The number of nitrogens with one attached hydrogen (secondary N) is 2. The van der Waals surface area contributed by atoms with E-state index in [9.17, 15) is 37.2 Å². The molecule has 18 heteroatoms. The van der Waals surface area contributed by atoms with Gasteiger partial charge in [0.15, 0.2) is 23.4 Å². The third-order valence-corrected chi connectivity index (χ3v) is 7.17. The Bertz CT molecular complexity index is 1430. The number of carbonyl (C=O) groups is 6. The van der Waals surface area contributed by atoms with Crippen LogP contribution in [0.5, 0.6) is 0 Å². The van der Waals surface area contributed by atoms with Crippen LogP contribution < -0.4 is 10.0 Å². The summed E-state index contributed by atoms with van der Waals surface area (Å²) in [5, 5.41) is 4.12. The zero-order chi connectivity index (χ0) is 32.3. The van der Waals surface area contributed by atoms with E-state index in [-0.39, 0.29) is 15.7 Å².